The third-order valence-corrected chi connectivity index (χ3v) is 5.54. The number of nitrogens with one attached hydrogen (secondary N) is 2. The molecule has 0 fully saturated rings. The Kier molecular flexibility index (Phi) is 7.86. The molecule has 160 valence electrons. The van der Waals surface area contributed by atoms with E-state index in [0.717, 1.165) is 17.7 Å². The summed E-state index contributed by atoms with van der Waals surface area (Å²) in [5.41, 5.74) is 0.789. The molecule has 0 unspecified atom stereocenters. The zero-order valence-corrected chi connectivity index (χ0v) is 17.3. The van der Waals surface area contributed by atoms with Crippen molar-refractivity contribution in [3.05, 3.63) is 63.2 Å². The van der Waals surface area contributed by atoms with E-state index in [-0.39, 0.29) is 34.3 Å². The van der Waals surface area contributed by atoms with Gasteiger partial charge >= 0.3 is 5.97 Å². The van der Waals surface area contributed by atoms with Crippen LogP contribution < -0.4 is 10.0 Å². The highest BCUT2D eigenvalue weighted by Crippen LogP contribution is 2.26. The summed E-state index contributed by atoms with van der Waals surface area (Å²) in [4.78, 5) is 33.7. The first-order valence-electron chi connectivity index (χ1n) is 8.54. The van der Waals surface area contributed by atoms with Crippen molar-refractivity contribution in [2.24, 2.45) is 0 Å². The summed E-state index contributed by atoms with van der Waals surface area (Å²) >= 11 is 5.86. The summed E-state index contributed by atoms with van der Waals surface area (Å²) in [5, 5.41) is 13.0. The normalized spacial score (nSPS) is 11.0. The molecule has 2 aromatic carbocycles. The first-order chi connectivity index (χ1) is 14.1. The van der Waals surface area contributed by atoms with Gasteiger partial charge < -0.3 is 10.1 Å². The minimum atomic E-state index is -3.76. The molecule has 0 bridgehead atoms. The smallest absolute Gasteiger partial charge is 0.307 e. The fraction of sp³-hybridized carbons (Fsp3) is 0.222. The predicted octanol–water partition coefficient (Wildman–Crippen LogP) is 2.41. The Hall–Kier alpha value is -3.02. The van der Waals surface area contributed by atoms with Crippen LogP contribution in [-0.2, 0) is 24.3 Å². The van der Waals surface area contributed by atoms with Crippen molar-refractivity contribution in [1.29, 1.82) is 0 Å². The molecular weight excluding hydrogens is 438 g/mol. The number of amides is 1. The average Bonchev–Trinajstić information content (AvgIpc) is 2.68. The lowest BCUT2D eigenvalue weighted by Crippen LogP contribution is -2.28. The van der Waals surface area contributed by atoms with E-state index in [9.17, 15) is 28.1 Å². The lowest BCUT2D eigenvalue weighted by molar-refractivity contribution is -0.384. The second kappa shape index (κ2) is 10.1. The molecule has 10 nitrogen and oxygen atoms in total. The van der Waals surface area contributed by atoms with Crippen molar-refractivity contribution in [3.8, 4) is 0 Å². The van der Waals surface area contributed by atoms with Crippen LogP contribution in [0.25, 0.3) is 0 Å². The molecule has 1 amide bonds. The number of hydrogen-bond donors (Lipinski definition) is 2. The highest BCUT2D eigenvalue weighted by molar-refractivity contribution is 7.89. The zero-order valence-electron chi connectivity index (χ0n) is 15.8. The van der Waals surface area contributed by atoms with Crippen molar-refractivity contribution >= 4 is 44.9 Å². The highest BCUT2D eigenvalue weighted by atomic mass is 35.5. The number of carbonyl (C=O) groups excluding carboxylic acids is 2. The van der Waals surface area contributed by atoms with Crippen molar-refractivity contribution in [1.82, 2.24) is 4.72 Å². The minimum absolute atomic E-state index is 0.0469. The van der Waals surface area contributed by atoms with E-state index in [2.05, 4.69) is 10.0 Å². The van der Waals surface area contributed by atoms with Crippen LogP contribution in [0.15, 0.2) is 47.4 Å². The number of hydrogen-bond acceptors (Lipinski definition) is 7. The summed E-state index contributed by atoms with van der Waals surface area (Å²) in [6.07, 6.45) is -0.281. The van der Waals surface area contributed by atoms with Crippen molar-refractivity contribution in [3.63, 3.8) is 0 Å². The summed E-state index contributed by atoms with van der Waals surface area (Å²) in [7, 11) is -3.76. The molecule has 0 heterocycles. The number of non-ortho nitro benzene ring substituents is 1. The number of benzene rings is 2. The molecule has 2 aromatic rings. The van der Waals surface area contributed by atoms with Crippen LogP contribution in [-0.4, -0.2) is 38.4 Å². The van der Waals surface area contributed by atoms with E-state index in [0.29, 0.717) is 0 Å². The van der Waals surface area contributed by atoms with Gasteiger partial charge in [-0.15, -0.1) is 0 Å². The van der Waals surface area contributed by atoms with Crippen LogP contribution in [0.1, 0.15) is 12.0 Å². The molecule has 0 radical (unpaired) electrons. The molecule has 0 aliphatic carbocycles. The fourth-order valence-electron chi connectivity index (χ4n) is 2.21. The van der Waals surface area contributed by atoms with Crippen LogP contribution >= 0.6 is 11.6 Å². The molecular formula is C18H18ClN3O7S. The molecule has 2 N–H and O–H groups in total. The maximum atomic E-state index is 12.1. The molecule has 0 saturated carbocycles. The molecule has 30 heavy (non-hydrogen) atoms. The van der Waals surface area contributed by atoms with Gasteiger partial charge in [-0.25, -0.2) is 13.1 Å². The van der Waals surface area contributed by atoms with E-state index in [1.165, 1.54) is 18.2 Å². The van der Waals surface area contributed by atoms with Crippen LogP contribution in [0.3, 0.4) is 0 Å². The van der Waals surface area contributed by atoms with Gasteiger partial charge in [-0.05, 0) is 25.1 Å². The Morgan fingerprint density at radius 1 is 1.17 bits per heavy atom. The third-order valence-electron chi connectivity index (χ3n) is 3.75. The number of anilines is 1. The molecule has 12 heteroatoms. The Bertz CT molecular complexity index is 1060. The molecule has 0 saturated heterocycles. The number of carbonyl (C=O) groups is 2. The Morgan fingerprint density at radius 2 is 1.83 bits per heavy atom. The van der Waals surface area contributed by atoms with E-state index in [1.54, 1.807) is 12.1 Å². The van der Waals surface area contributed by atoms with Crippen molar-refractivity contribution in [2.45, 2.75) is 18.2 Å². The molecule has 0 aromatic heterocycles. The third kappa shape index (κ3) is 6.79. The summed E-state index contributed by atoms with van der Waals surface area (Å²) in [5.74, 6) is -1.49. The first-order valence-corrected chi connectivity index (χ1v) is 10.4. The van der Waals surface area contributed by atoms with Gasteiger partial charge in [0.25, 0.3) is 11.6 Å². The number of aryl methyl sites for hydroxylation is 1. The lowest BCUT2D eigenvalue weighted by atomic mass is 10.2. The number of nitro benzene ring substituents is 1. The Labute approximate surface area is 177 Å². The lowest BCUT2D eigenvalue weighted by Gasteiger charge is -2.09. The molecule has 0 aliphatic heterocycles. The van der Waals surface area contributed by atoms with Gasteiger partial charge in [0.2, 0.25) is 10.0 Å². The average molecular weight is 456 g/mol. The predicted molar refractivity (Wildman–Crippen MR) is 109 cm³/mol. The maximum Gasteiger partial charge on any atom is 0.307 e. The number of nitrogens with zero attached hydrogens (tertiary/aromatic N) is 1. The highest BCUT2D eigenvalue weighted by Gasteiger charge is 2.16. The first kappa shape index (κ1) is 23.3. The second-order valence-electron chi connectivity index (χ2n) is 6.09. The number of sulfonamides is 1. The second-order valence-corrected chi connectivity index (χ2v) is 8.27. The van der Waals surface area contributed by atoms with Gasteiger partial charge in [-0.2, -0.15) is 0 Å². The summed E-state index contributed by atoms with van der Waals surface area (Å²) < 4.78 is 31.3. The molecule has 0 spiro atoms. The van der Waals surface area contributed by atoms with Crippen LogP contribution in [0.5, 0.6) is 0 Å². The standard InChI is InChI=1S/C18H18ClN3O7S/c1-12-2-5-14(6-3-12)30(27,28)20-9-8-18(24)29-11-17(23)21-16-7-4-13(22(25)26)10-15(16)19/h2-7,10,20H,8-9,11H2,1H3,(H,21,23). The van der Waals surface area contributed by atoms with Gasteiger partial charge in [-0.1, -0.05) is 29.3 Å². The van der Waals surface area contributed by atoms with Crippen LogP contribution in [0, 0.1) is 17.0 Å². The summed E-state index contributed by atoms with van der Waals surface area (Å²) in [6.45, 7) is 0.993. The van der Waals surface area contributed by atoms with Crippen molar-refractivity contribution in [2.75, 3.05) is 18.5 Å². The minimum Gasteiger partial charge on any atom is -0.456 e. The maximum absolute atomic E-state index is 12.1. The number of esters is 1. The van der Waals surface area contributed by atoms with Gasteiger partial charge in [-0.3, -0.25) is 19.7 Å². The molecule has 2 rings (SSSR count). The van der Waals surface area contributed by atoms with E-state index in [1.807, 2.05) is 6.92 Å². The SMILES string of the molecule is Cc1ccc(S(=O)(=O)NCCC(=O)OCC(=O)Nc2ccc([N+](=O)[O-])cc2Cl)cc1. The van der Waals surface area contributed by atoms with Gasteiger partial charge in [0.1, 0.15) is 0 Å². The van der Waals surface area contributed by atoms with E-state index in [4.69, 9.17) is 16.3 Å². The topological polar surface area (TPSA) is 145 Å². The molecule has 0 atom stereocenters. The largest absolute Gasteiger partial charge is 0.456 e. The van der Waals surface area contributed by atoms with Gasteiger partial charge in [0.05, 0.1) is 26.9 Å². The quantitative estimate of drug-likeness (QED) is 0.335. The zero-order chi connectivity index (χ0) is 22.3. The van der Waals surface area contributed by atoms with Crippen LogP contribution in [0.2, 0.25) is 5.02 Å². The van der Waals surface area contributed by atoms with Crippen molar-refractivity contribution < 1.29 is 27.7 Å². The number of ether oxygens (including phenoxy) is 1. The summed E-state index contributed by atoms with van der Waals surface area (Å²) in [6, 6.07) is 9.68. The fourth-order valence-corrected chi connectivity index (χ4v) is 3.47. The monoisotopic (exact) mass is 455 g/mol. The number of nitro groups is 1. The van der Waals surface area contributed by atoms with Gasteiger partial charge in [0.15, 0.2) is 6.61 Å². The number of rotatable bonds is 9. The van der Waals surface area contributed by atoms with E-state index >= 15 is 0 Å². The van der Waals surface area contributed by atoms with Gasteiger partial charge in [0, 0.05) is 18.7 Å². The van der Waals surface area contributed by atoms with Crippen LogP contribution in [0.4, 0.5) is 11.4 Å². The Morgan fingerprint density at radius 3 is 2.43 bits per heavy atom. The number of halogens is 1. The Balaban J connectivity index is 1.77. The van der Waals surface area contributed by atoms with E-state index < -0.39 is 33.4 Å². The molecule has 0 aliphatic rings.